The Morgan fingerprint density at radius 3 is 2.50 bits per heavy atom. The maximum Gasteiger partial charge on any atom is 0.132 e. The minimum Gasteiger partial charge on any atom is -0.494 e. The van der Waals surface area contributed by atoms with Gasteiger partial charge >= 0.3 is 0 Å². The summed E-state index contributed by atoms with van der Waals surface area (Å²) in [5, 5.41) is 0. The van der Waals surface area contributed by atoms with E-state index in [-0.39, 0.29) is 0 Å². The molecule has 3 heteroatoms. The number of benzene rings is 1. The lowest BCUT2D eigenvalue weighted by Gasteiger charge is -2.12. The monoisotopic (exact) mass is 243 g/mol. The summed E-state index contributed by atoms with van der Waals surface area (Å²) in [5.41, 5.74) is 1.89. The molecule has 0 aliphatic rings. The van der Waals surface area contributed by atoms with Crippen molar-refractivity contribution >= 4 is 0 Å². The molecule has 0 aliphatic heterocycles. The first-order valence-electron chi connectivity index (χ1n) is 6.16. The van der Waals surface area contributed by atoms with Crippen molar-refractivity contribution in [1.82, 2.24) is 4.98 Å². The van der Waals surface area contributed by atoms with Crippen LogP contribution in [0.5, 0.6) is 11.5 Å². The molecule has 2 rings (SSSR count). The summed E-state index contributed by atoms with van der Waals surface area (Å²) < 4.78 is 11.1. The first-order chi connectivity index (χ1) is 8.85. The molecule has 0 fully saturated rings. The third kappa shape index (κ3) is 2.80. The summed E-state index contributed by atoms with van der Waals surface area (Å²) in [6.07, 6.45) is 1.78. The lowest BCUT2D eigenvalue weighted by molar-refractivity contribution is 0.324. The molecule has 0 unspecified atom stereocenters. The zero-order chi connectivity index (χ0) is 12.8. The van der Waals surface area contributed by atoms with E-state index in [1.807, 2.05) is 50.2 Å². The third-order valence-electron chi connectivity index (χ3n) is 2.50. The lowest BCUT2D eigenvalue weighted by Crippen LogP contribution is -1.97. The van der Waals surface area contributed by atoms with Gasteiger partial charge in [-0.15, -0.1) is 0 Å². The summed E-state index contributed by atoms with van der Waals surface area (Å²) in [4.78, 5) is 4.35. The van der Waals surface area contributed by atoms with Crippen LogP contribution in [-0.4, -0.2) is 18.2 Å². The Hall–Kier alpha value is -2.03. The molecule has 0 aliphatic carbocycles. The second-order valence-corrected chi connectivity index (χ2v) is 3.74. The fourth-order valence-corrected chi connectivity index (χ4v) is 1.77. The molecule has 0 bridgehead atoms. The highest BCUT2D eigenvalue weighted by molar-refractivity contribution is 5.68. The van der Waals surface area contributed by atoms with Crippen molar-refractivity contribution in [3.05, 3.63) is 42.6 Å². The molecule has 0 spiro atoms. The summed E-state index contributed by atoms with van der Waals surface area (Å²) in [5.74, 6) is 1.63. The van der Waals surface area contributed by atoms with Crippen LogP contribution >= 0.6 is 0 Å². The summed E-state index contributed by atoms with van der Waals surface area (Å²) in [7, 11) is 0. The number of hydrogen-bond donors (Lipinski definition) is 0. The lowest BCUT2D eigenvalue weighted by atomic mass is 10.1. The molecule has 1 heterocycles. The Balaban J connectivity index is 2.40. The van der Waals surface area contributed by atoms with Crippen LogP contribution in [0.2, 0.25) is 0 Å². The van der Waals surface area contributed by atoms with E-state index in [1.165, 1.54) is 0 Å². The van der Waals surface area contributed by atoms with Gasteiger partial charge in [0.05, 0.1) is 18.9 Å². The van der Waals surface area contributed by atoms with Gasteiger partial charge in [0.1, 0.15) is 11.5 Å². The number of pyridine rings is 1. The molecular formula is C15H17NO2. The fourth-order valence-electron chi connectivity index (χ4n) is 1.77. The van der Waals surface area contributed by atoms with Crippen LogP contribution in [0.1, 0.15) is 13.8 Å². The van der Waals surface area contributed by atoms with E-state index in [0.29, 0.717) is 13.2 Å². The minimum atomic E-state index is 0.620. The van der Waals surface area contributed by atoms with E-state index in [4.69, 9.17) is 9.47 Å². The highest BCUT2D eigenvalue weighted by atomic mass is 16.5. The van der Waals surface area contributed by atoms with Crippen LogP contribution in [0.4, 0.5) is 0 Å². The van der Waals surface area contributed by atoms with Gasteiger partial charge in [-0.25, -0.2) is 0 Å². The maximum atomic E-state index is 5.66. The first-order valence-corrected chi connectivity index (χ1v) is 6.16. The van der Waals surface area contributed by atoms with Gasteiger partial charge in [0.15, 0.2) is 0 Å². The average molecular weight is 243 g/mol. The van der Waals surface area contributed by atoms with Crippen LogP contribution in [0.15, 0.2) is 42.6 Å². The molecule has 0 saturated carbocycles. The number of hydrogen-bond acceptors (Lipinski definition) is 3. The Morgan fingerprint density at radius 2 is 1.83 bits per heavy atom. The zero-order valence-corrected chi connectivity index (χ0v) is 10.7. The Kier molecular flexibility index (Phi) is 4.18. The maximum absolute atomic E-state index is 5.66. The Morgan fingerprint density at radius 1 is 1.00 bits per heavy atom. The van der Waals surface area contributed by atoms with E-state index in [1.54, 1.807) is 6.20 Å². The predicted molar refractivity (Wildman–Crippen MR) is 72.0 cm³/mol. The van der Waals surface area contributed by atoms with Crippen LogP contribution in [0.25, 0.3) is 11.3 Å². The number of ether oxygens (including phenoxy) is 2. The van der Waals surface area contributed by atoms with Gasteiger partial charge in [0.25, 0.3) is 0 Å². The van der Waals surface area contributed by atoms with Crippen molar-refractivity contribution in [2.24, 2.45) is 0 Å². The molecule has 1 aromatic heterocycles. The zero-order valence-electron chi connectivity index (χ0n) is 10.7. The van der Waals surface area contributed by atoms with Crippen LogP contribution in [0.3, 0.4) is 0 Å². The number of aromatic nitrogens is 1. The molecule has 0 amide bonds. The molecule has 3 nitrogen and oxygen atoms in total. The van der Waals surface area contributed by atoms with Gasteiger partial charge in [0.2, 0.25) is 0 Å². The standard InChI is InChI=1S/C15H17NO2/c1-3-17-12-8-9-13(15(11-12)18-4-2)14-7-5-6-10-16-14/h5-11H,3-4H2,1-2H3. The third-order valence-corrected chi connectivity index (χ3v) is 2.50. The second kappa shape index (κ2) is 6.05. The largest absolute Gasteiger partial charge is 0.494 e. The molecule has 0 radical (unpaired) electrons. The van der Waals surface area contributed by atoms with E-state index in [2.05, 4.69) is 4.98 Å². The highest BCUT2D eigenvalue weighted by Crippen LogP contribution is 2.32. The average Bonchev–Trinajstić information content (AvgIpc) is 2.41. The van der Waals surface area contributed by atoms with Crippen molar-refractivity contribution in [3.63, 3.8) is 0 Å². The van der Waals surface area contributed by atoms with Gasteiger partial charge < -0.3 is 9.47 Å². The van der Waals surface area contributed by atoms with Crippen molar-refractivity contribution in [2.45, 2.75) is 13.8 Å². The van der Waals surface area contributed by atoms with E-state index in [9.17, 15) is 0 Å². The number of rotatable bonds is 5. The Labute approximate surface area is 107 Å². The van der Waals surface area contributed by atoms with Gasteiger partial charge in [0, 0.05) is 17.8 Å². The summed E-state index contributed by atoms with van der Waals surface area (Å²) in [6.45, 7) is 5.20. The quantitative estimate of drug-likeness (QED) is 0.804. The second-order valence-electron chi connectivity index (χ2n) is 3.74. The topological polar surface area (TPSA) is 31.4 Å². The predicted octanol–water partition coefficient (Wildman–Crippen LogP) is 3.55. The van der Waals surface area contributed by atoms with E-state index in [0.717, 1.165) is 22.8 Å². The van der Waals surface area contributed by atoms with Crippen LogP contribution in [0, 0.1) is 0 Å². The molecule has 18 heavy (non-hydrogen) atoms. The SMILES string of the molecule is CCOc1ccc(-c2ccccn2)c(OCC)c1. The summed E-state index contributed by atoms with van der Waals surface area (Å²) in [6, 6.07) is 11.7. The van der Waals surface area contributed by atoms with Gasteiger partial charge in [-0.1, -0.05) is 6.07 Å². The molecule has 0 N–H and O–H groups in total. The van der Waals surface area contributed by atoms with Crippen LogP contribution in [-0.2, 0) is 0 Å². The van der Waals surface area contributed by atoms with E-state index >= 15 is 0 Å². The summed E-state index contributed by atoms with van der Waals surface area (Å²) >= 11 is 0. The van der Waals surface area contributed by atoms with Crippen LogP contribution < -0.4 is 9.47 Å². The Bertz CT molecular complexity index is 497. The van der Waals surface area contributed by atoms with Crippen molar-refractivity contribution in [2.75, 3.05) is 13.2 Å². The van der Waals surface area contributed by atoms with Gasteiger partial charge in [-0.05, 0) is 38.1 Å². The molecule has 0 atom stereocenters. The molecule has 94 valence electrons. The highest BCUT2D eigenvalue weighted by Gasteiger charge is 2.08. The minimum absolute atomic E-state index is 0.620. The van der Waals surface area contributed by atoms with E-state index < -0.39 is 0 Å². The normalized spacial score (nSPS) is 10.1. The van der Waals surface area contributed by atoms with Gasteiger partial charge in [-0.3, -0.25) is 4.98 Å². The first kappa shape index (κ1) is 12.4. The van der Waals surface area contributed by atoms with Gasteiger partial charge in [-0.2, -0.15) is 0 Å². The van der Waals surface area contributed by atoms with Crippen molar-refractivity contribution in [3.8, 4) is 22.8 Å². The number of nitrogens with zero attached hydrogens (tertiary/aromatic N) is 1. The molecule has 2 aromatic rings. The van der Waals surface area contributed by atoms with Crippen molar-refractivity contribution in [1.29, 1.82) is 0 Å². The molecular weight excluding hydrogens is 226 g/mol. The molecule has 0 saturated heterocycles. The fraction of sp³-hybridized carbons (Fsp3) is 0.267. The molecule has 1 aromatic carbocycles. The van der Waals surface area contributed by atoms with Crippen molar-refractivity contribution < 1.29 is 9.47 Å². The smallest absolute Gasteiger partial charge is 0.132 e.